The first-order chi connectivity index (χ1) is 8.47. The lowest BCUT2D eigenvalue weighted by molar-refractivity contribution is 0.547. The molecular weight excluding hydrogens is 246 g/mol. The molecule has 1 aromatic heterocycles. The number of hydrogen-bond donors (Lipinski definition) is 1. The third-order valence-corrected chi connectivity index (χ3v) is 3.39. The first-order valence-corrected chi connectivity index (χ1v) is 6.78. The van der Waals surface area contributed by atoms with Crippen molar-refractivity contribution in [3.63, 3.8) is 0 Å². The molecule has 0 aromatic carbocycles. The molecule has 0 radical (unpaired) electrons. The first kappa shape index (κ1) is 14.5. The van der Waals surface area contributed by atoms with E-state index in [1.165, 1.54) is 11.8 Å². The number of nitrogens with zero attached hydrogens (tertiary/aromatic N) is 4. The molecular formula is C12H17N5S. The highest BCUT2D eigenvalue weighted by Crippen LogP contribution is 2.23. The Balaban J connectivity index is 2.51. The topological polar surface area (TPSA) is 89.2 Å². The van der Waals surface area contributed by atoms with Gasteiger partial charge >= 0.3 is 0 Å². The van der Waals surface area contributed by atoms with Crippen molar-refractivity contribution >= 4 is 11.8 Å². The molecule has 0 aliphatic carbocycles. The van der Waals surface area contributed by atoms with Gasteiger partial charge in [0.2, 0.25) is 5.16 Å². The molecule has 96 valence electrons. The van der Waals surface area contributed by atoms with Crippen LogP contribution in [0.2, 0.25) is 0 Å². The lowest BCUT2D eigenvalue weighted by Gasteiger charge is -2.12. The fraction of sp³-hybridized carbons (Fsp3) is 0.667. The van der Waals surface area contributed by atoms with E-state index in [1.807, 2.05) is 0 Å². The Morgan fingerprint density at radius 3 is 2.61 bits per heavy atom. The van der Waals surface area contributed by atoms with Gasteiger partial charge in [0.05, 0.1) is 18.1 Å². The maximum absolute atomic E-state index is 8.94. The Bertz CT molecular complexity index is 460. The summed E-state index contributed by atoms with van der Waals surface area (Å²) in [6.45, 7) is 6.19. The van der Waals surface area contributed by atoms with E-state index in [0.29, 0.717) is 23.8 Å². The van der Waals surface area contributed by atoms with Crippen LogP contribution in [0.15, 0.2) is 5.16 Å². The molecule has 0 aliphatic heterocycles. The van der Waals surface area contributed by atoms with Gasteiger partial charge in [-0.3, -0.25) is 5.10 Å². The van der Waals surface area contributed by atoms with Crippen molar-refractivity contribution in [2.24, 2.45) is 5.92 Å². The molecule has 1 atom stereocenters. The zero-order valence-electron chi connectivity index (χ0n) is 10.9. The minimum Gasteiger partial charge on any atom is -0.262 e. The number of nitriles is 2. The van der Waals surface area contributed by atoms with Crippen LogP contribution in [0.1, 0.15) is 39.4 Å². The summed E-state index contributed by atoms with van der Waals surface area (Å²) < 4.78 is 0. The van der Waals surface area contributed by atoms with Crippen molar-refractivity contribution in [2.45, 2.75) is 44.2 Å². The molecule has 0 aliphatic rings. The van der Waals surface area contributed by atoms with Gasteiger partial charge in [-0.05, 0) is 6.42 Å². The van der Waals surface area contributed by atoms with Crippen LogP contribution in [-0.4, -0.2) is 20.9 Å². The third-order valence-electron chi connectivity index (χ3n) is 2.38. The van der Waals surface area contributed by atoms with Crippen LogP contribution in [0.25, 0.3) is 0 Å². The maximum Gasteiger partial charge on any atom is 0.208 e. The number of nitrogens with one attached hydrogen (secondary N) is 1. The number of aromatic nitrogens is 3. The van der Waals surface area contributed by atoms with E-state index in [1.54, 1.807) is 0 Å². The Morgan fingerprint density at radius 2 is 2.11 bits per heavy atom. The summed E-state index contributed by atoms with van der Waals surface area (Å²) in [5, 5.41) is 25.1. The highest BCUT2D eigenvalue weighted by Gasteiger charge is 2.19. The fourth-order valence-corrected chi connectivity index (χ4v) is 2.10. The quantitative estimate of drug-likeness (QED) is 0.825. The van der Waals surface area contributed by atoms with Crippen LogP contribution in [-0.2, 0) is 5.41 Å². The molecule has 5 nitrogen and oxygen atoms in total. The molecule has 0 saturated heterocycles. The molecule has 1 heterocycles. The molecule has 1 aromatic rings. The summed E-state index contributed by atoms with van der Waals surface area (Å²) in [5.41, 5.74) is -0.0543. The second-order valence-electron chi connectivity index (χ2n) is 5.05. The van der Waals surface area contributed by atoms with Gasteiger partial charge in [-0.15, -0.1) is 5.10 Å². The number of hydrogen-bond acceptors (Lipinski definition) is 5. The lowest BCUT2D eigenvalue weighted by Crippen LogP contribution is -2.13. The van der Waals surface area contributed by atoms with Gasteiger partial charge in [0.25, 0.3) is 0 Å². The van der Waals surface area contributed by atoms with E-state index in [2.05, 4.69) is 48.1 Å². The van der Waals surface area contributed by atoms with Crippen LogP contribution in [0.5, 0.6) is 0 Å². The maximum atomic E-state index is 8.94. The SMILES string of the molecule is CC(C)(C)c1nc(SC[C@@H](C#N)CCC#N)n[nH]1. The summed E-state index contributed by atoms with van der Waals surface area (Å²) in [4.78, 5) is 4.39. The second-order valence-corrected chi connectivity index (χ2v) is 6.04. The van der Waals surface area contributed by atoms with Gasteiger partial charge in [0.15, 0.2) is 0 Å². The van der Waals surface area contributed by atoms with Gasteiger partial charge in [-0.1, -0.05) is 32.5 Å². The molecule has 1 N–H and O–H groups in total. The second kappa shape index (κ2) is 6.42. The molecule has 0 fully saturated rings. The number of rotatable bonds is 5. The van der Waals surface area contributed by atoms with Crippen LogP contribution < -0.4 is 0 Å². The van der Waals surface area contributed by atoms with Gasteiger partial charge in [-0.25, -0.2) is 4.98 Å². The van der Waals surface area contributed by atoms with E-state index < -0.39 is 0 Å². The predicted molar refractivity (Wildman–Crippen MR) is 69.8 cm³/mol. The molecule has 6 heteroatoms. The van der Waals surface area contributed by atoms with Crippen molar-refractivity contribution in [3.8, 4) is 12.1 Å². The van der Waals surface area contributed by atoms with E-state index >= 15 is 0 Å². The van der Waals surface area contributed by atoms with Crippen molar-refractivity contribution in [1.82, 2.24) is 15.2 Å². The van der Waals surface area contributed by atoms with Crippen molar-refractivity contribution in [2.75, 3.05) is 5.75 Å². The first-order valence-electron chi connectivity index (χ1n) is 5.79. The van der Waals surface area contributed by atoms with Crippen molar-refractivity contribution in [3.05, 3.63) is 5.82 Å². The van der Waals surface area contributed by atoms with Crippen LogP contribution in [0, 0.1) is 28.6 Å². The van der Waals surface area contributed by atoms with E-state index in [0.717, 1.165) is 5.82 Å². The summed E-state index contributed by atoms with van der Waals surface area (Å²) in [6.07, 6.45) is 1.02. The minimum absolute atomic E-state index is 0.0543. The summed E-state index contributed by atoms with van der Waals surface area (Å²) >= 11 is 1.46. The Morgan fingerprint density at radius 1 is 1.39 bits per heavy atom. The standard InChI is InChI=1S/C12H17N5S/c1-12(2,3)10-15-11(17-16-10)18-8-9(7-14)5-4-6-13/h9H,4-5,8H2,1-3H3,(H,15,16,17)/t9-/m1/s1. The molecule has 0 amide bonds. The van der Waals surface area contributed by atoms with Gasteiger partial charge < -0.3 is 0 Å². The average Bonchev–Trinajstić information content (AvgIpc) is 2.78. The van der Waals surface area contributed by atoms with Crippen LogP contribution >= 0.6 is 11.8 Å². The zero-order valence-corrected chi connectivity index (χ0v) is 11.7. The summed E-state index contributed by atoms with van der Waals surface area (Å²) in [7, 11) is 0. The largest absolute Gasteiger partial charge is 0.262 e. The molecule has 0 spiro atoms. The molecule has 18 heavy (non-hydrogen) atoms. The van der Waals surface area contributed by atoms with Crippen molar-refractivity contribution < 1.29 is 0 Å². The van der Waals surface area contributed by atoms with Crippen molar-refractivity contribution in [1.29, 1.82) is 10.5 Å². The smallest absolute Gasteiger partial charge is 0.208 e. The van der Waals surface area contributed by atoms with E-state index in [9.17, 15) is 0 Å². The predicted octanol–water partition coefficient (Wildman–Crippen LogP) is 2.64. The average molecular weight is 263 g/mol. The number of H-pyrrole nitrogens is 1. The molecule has 1 rings (SSSR count). The molecule has 0 bridgehead atoms. The summed E-state index contributed by atoms with van der Waals surface area (Å²) in [5.74, 6) is 1.35. The van der Waals surface area contributed by atoms with Crippen LogP contribution in [0.3, 0.4) is 0 Å². The summed E-state index contributed by atoms with van der Waals surface area (Å²) in [6, 6.07) is 4.26. The lowest BCUT2D eigenvalue weighted by atomic mass is 9.96. The monoisotopic (exact) mass is 263 g/mol. The van der Waals surface area contributed by atoms with E-state index in [-0.39, 0.29) is 11.3 Å². The highest BCUT2D eigenvalue weighted by atomic mass is 32.2. The Hall–Kier alpha value is -1.53. The van der Waals surface area contributed by atoms with Gasteiger partial charge in [-0.2, -0.15) is 10.5 Å². The third kappa shape index (κ3) is 4.38. The van der Waals surface area contributed by atoms with Gasteiger partial charge in [0, 0.05) is 17.6 Å². The zero-order chi connectivity index (χ0) is 13.6. The van der Waals surface area contributed by atoms with Gasteiger partial charge in [0.1, 0.15) is 5.82 Å². The van der Waals surface area contributed by atoms with Crippen LogP contribution in [0.4, 0.5) is 0 Å². The minimum atomic E-state index is -0.119. The number of thioether (sulfide) groups is 1. The van der Waals surface area contributed by atoms with E-state index in [4.69, 9.17) is 10.5 Å². The fourth-order valence-electron chi connectivity index (χ4n) is 1.25. The molecule has 0 unspecified atom stereocenters. The number of aromatic amines is 1. The molecule has 0 saturated carbocycles. The highest BCUT2D eigenvalue weighted by molar-refractivity contribution is 7.99. The Labute approximate surface area is 112 Å². The normalized spacial score (nSPS) is 12.7. The Kier molecular flexibility index (Phi) is 5.18.